The van der Waals surface area contributed by atoms with Crippen LogP contribution >= 0.6 is 11.8 Å². The molecule has 1 amide bonds. The summed E-state index contributed by atoms with van der Waals surface area (Å²) in [6.07, 6.45) is 0.999. The molecule has 0 radical (unpaired) electrons. The summed E-state index contributed by atoms with van der Waals surface area (Å²) in [4.78, 5) is 13.9. The number of amides is 1. The van der Waals surface area contributed by atoms with Gasteiger partial charge in [-0.25, -0.2) is 4.39 Å². The number of thioether (sulfide) groups is 1. The molecule has 0 aromatic heterocycles. The van der Waals surface area contributed by atoms with E-state index < -0.39 is 0 Å². The van der Waals surface area contributed by atoms with Crippen molar-refractivity contribution >= 4 is 23.4 Å². The Morgan fingerprint density at radius 2 is 1.81 bits per heavy atom. The molecule has 1 aliphatic rings. The monoisotopic (exact) mass is 301 g/mol. The lowest BCUT2D eigenvalue weighted by atomic mass is 10.1. The molecule has 2 nitrogen and oxygen atoms in total. The molecular formula is C17H16FNOS. The second-order valence-corrected chi connectivity index (χ2v) is 6.07. The molecule has 108 valence electrons. The van der Waals surface area contributed by atoms with Crippen molar-refractivity contribution in [1.29, 1.82) is 0 Å². The van der Waals surface area contributed by atoms with Gasteiger partial charge in [0.15, 0.2) is 0 Å². The molecule has 1 heterocycles. The zero-order chi connectivity index (χ0) is 14.8. The van der Waals surface area contributed by atoms with Crippen LogP contribution < -0.4 is 4.90 Å². The minimum Gasteiger partial charge on any atom is -0.295 e. The molecule has 3 rings (SSSR count). The molecule has 1 aliphatic heterocycles. The number of carbonyl (C=O) groups is 1. The first-order valence-corrected chi connectivity index (χ1v) is 8.02. The van der Waals surface area contributed by atoms with E-state index in [-0.39, 0.29) is 17.1 Å². The van der Waals surface area contributed by atoms with E-state index >= 15 is 0 Å². The van der Waals surface area contributed by atoms with Gasteiger partial charge >= 0.3 is 0 Å². The minimum absolute atomic E-state index is 0.0335. The van der Waals surface area contributed by atoms with Crippen LogP contribution in [0.5, 0.6) is 0 Å². The molecule has 4 heteroatoms. The van der Waals surface area contributed by atoms with Crippen LogP contribution in [0.15, 0.2) is 48.5 Å². The first-order chi connectivity index (χ1) is 10.2. The topological polar surface area (TPSA) is 20.3 Å². The Kier molecular flexibility index (Phi) is 3.97. The van der Waals surface area contributed by atoms with E-state index in [1.165, 1.54) is 17.7 Å². The molecule has 0 unspecified atom stereocenters. The number of aryl methyl sites for hydroxylation is 1. The molecule has 0 N–H and O–H groups in total. The summed E-state index contributed by atoms with van der Waals surface area (Å²) in [5.74, 6) is 0.232. The highest BCUT2D eigenvalue weighted by atomic mass is 32.2. The van der Waals surface area contributed by atoms with Crippen molar-refractivity contribution in [3.63, 3.8) is 0 Å². The fraction of sp³-hybridized carbons (Fsp3) is 0.235. The number of anilines is 1. The number of carbonyl (C=O) groups excluding carboxylic acids is 1. The summed E-state index contributed by atoms with van der Waals surface area (Å²) in [5, 5.41) is -0.0335. The quantitative estimate of drug-likeness (QED) is 0.848. The van der Waals surface area contributed by atoms with Gasteiger partial charge in [0, 0.05) is 5.69 Å². The number of hydrogen-bond donors (Lipinski definition) is 0. The Morgan fingerprint density at radius 1 is 1.14 bits per heavy atom. The van der Waals surface area contributed by atoms with Crippen molar-refractivity contribution in [2.75, 3.05) is 10.7 Å². The van der Waals surface area contributed by atoms with Crippen LogP contribution in [-0.4, -0.2) is 11.7 Å². The maximum absolute atomic E-state index is 13.1. The Hall–Kier alpha value is -1.81. The smallest absolute Gasteiger partial charge is 0.238 e. The third kappa shape index (κ3) is 2.81. The maximum Gasteiger partial charge on any atom is 0.238 e. The van der Waals surface area contributed by atoms with Crippen LogP contribution in [0.3, 0.4) is 0 Å². The van der Waals surface area contributed by atoms with Crippen molar-refractivity contribution in [2.45, 2.75) is 18.7 Å². The lowest BCUT2D eigenvalue weighted by molar-refractivity contribution is -0.115. The van der Waals surface area contributed by atoms with Crippen molar-refractivity contribution in [3.8, 4) is 0 Å². The maximum atomic E-state index is 13.1. The average molecular weight is 301 g/mol. The van der Waals surface area contributed by atoms with Crippen LogP contribution in [0.25, 0.3) is 0 Å². The molecule has 0 bridgehead atoms. The lowest BCUT2D eigenvalue weighted by Gasteiger charge is -2.24. The second-order valence-electron chi connectivity index (χ2n) is 5.00. The van der Waals surface area contributed by atoms with E-state index in [0.29, 0.717) is 5.75 Å². The lowest BCUT2D eigenvalue weighted by Crippen LogP contribution is -2.27. The van der Waals surface area contributed by atoms with E-state index in [1.807, 2.05) is 0 Å². The van der Waals surface area contributed by atoms with Crippen LogP contribution in [0.4, 0.5) is 10.1 Å². The predicted octanol–water partition coefficient (Wildman–Crippen LogP) is 4.17. The Bertz CT molecular complexity index is 639. The highest BCUT2D eigenvalue weighted by Gasteiger charge is 2.33. The van der Waals surface area contributed by atoms with Crippen LogP contribution in [-0.2, 0) is 11.2 Å². The van der Waals surface area contributed by atoms with Gasteiger partial charge in [0.1, 0.15) is 11.2 Å². The van der Waals surface area contributed by atoms with E-state index in [4.69, 9.17) is 0 Å². The normalized spacial score (nSPS) is 18.3. The molecule has 1 atom stereocenters. The standard InChI is InChI=1S/C17H16FNOS/c1-2-12-3-5-13(6-4-12)17-19(16(20)11-21-17)15-9-7-14(18)8-10-15/h3-10,17H,2,11H2,1H3/t17-/m1/s1. The number of rotatable bonds is 3. The van der Waals surface area contributed by atoms with Gasteiger partial charge in [0.25, 0.3) is 0 Å². The summed E-state index contributed by atoms with van der Waals surface area (Å²) < 4.78 is 13.1. The minimum atomic E-state index is -0.290. The first-order valence-electron chi connectivity index (χ1n) is 6.97. The van der Waals surface area contributed by atoms with Crippen molar-refractivity contribution in [1.82, 2.24) is 0 Å². The van der Waals surface area contributed by atoms with Gasteiger partial charge in [-0.1, -0.05) is 31.2 Å². The zero-order valence-corrected chi connectivity index (χ0v) is 12.6. The van der Waals surface area contributed by atoms with Crippen LogP contribution in [0.1, 0.15) is 23.4 Å². The fourth-order valence-corrected chi connectivity index (χ4v) is 3.65. The molecule has 0 aliphatic carbocycles. The fourth-order valence-electron chi connectivity index (χ4n) is 2.47. The van der Waals surface area contributed by atoms with Crippen LogP contribution in [0, 0.1) is 5.82 Å². The Balaban J connectivity index is 1.93. The SMILES string of the molecule is CCc1ccc([C@H]2SCC(=O)N2c2ccc(F)cc2)cc1. The highest BCUT2D eigenvalue weighted by molar-refractivity contribution is 8.00. The van der Waals surface area contributed by atoms with Crippen LogP contribution in [0.2, 0.25) is 0 Å². The summed E-state index contributed by atoms with van der Waals surface area (Å²) in [5.41, 5.74) is 3.13. The predicted molar refractivity (Wildman–Crippen MR) is 84.9 cm³/mol. The Morgan fingerprint density at radius 3 is 2.43 bits per heavy atom. The van der Waals surface area contributed by atoms with Crippen molar-refractivity contribution < 1.29 is 9.18 Å². The molecule has 1 fully saturated rings. The summed E-state index contributed by atoms with van der Waals surface area (Å²) in [6.45, 7) is 2.12. The molecule has 2 aromatic carbocycles. The van der Waals surface area contributed by atoms with E-state index in [0.717, 1.165) is 17.7 Å². The van der Waals surface area contributed by atoms with Gasteiger partial charge in [-0.2, -0.15) is 0 Å². The van der Waals surface area contributed by atoms with Crippen molar-refractivity contribution in [2.24, 2.45) is 0 Å². The van der Waals surface area contributed by atoms with Gasteiger partial charge in [-0.15, -0.1) is 11.8 Å². The van der Waals surface area contributed by atoms with Gasteiger partial charge in [-0.05, 0) is 41.8 Å². The third-order valence-corrected chi connectivity index (χ3v) is 4.86. The summed E-state index contributed by atoms with van der Waals surface area (Å²) in [7, 11) is 0. The van der Waals surface area contributed by atoms with Gasteiger partial charge in [0.05, 0.1) is 5.75 Å². The largest absolute Gasteiger partial charge is 0.295 e. The van der Waals surface area contributed by atoms with Crippen molar-refractivity contribution in [3.05, 3.63) is 65.5 Å². The molecule has 21 heavy (non-hydrogen) atoms. The molecule has 0 saturated carbocycles. The second kappa shape index (κ2) is 5.90. The van der Waals surface area contributed by atoms with Gasteiger partial charge in [-0.3, -0.25) is 9.69 Å². The zero-order valence-electron chi connectivity index (χ0n) is 11.8. The number of benzene rings is 2. The van der Waals surface area contributed by atoms with Gasteiger partial charge < -0.3 is 0 Å². The van der Waals surface area contributed by atoms with E-state index in [1.54, 1.807) is 28.8 Å². The third-order valence-electron chi connectivity index (χ3n) is 3.65. The number of hydrogen-bond acceptors (Lipinski definition) is 2. The van der Waals surface area contributed by atoms with E-state index in [2.05, 4.69) is 31.2 Å². The summed E-state index contributed by atoms with van der Waals surface area (Å²) >= 11 is 1.61. The number of halogens is 1. The average Bonchev–Trinajstić information content (AvgIpc) is 2.90. The molecular weight excluding hydrogens is 285 g/mol. The molecule has 0 spiro atoms. The van der Waals surface area contributed by atoms with E-state index in [9.17, 15) is 9.18 Å². The number of nitrogens with zero attached hydrogens (tertiary/aromatic N) is 1. The molecule has 1 saturated heterocycles. The summed E-state index contributed by atoms with van der Waals surface area (Å²) in [6, 6.07) is 14.4. The Labute approximate surface area is 128 Å². The first kappa shape index (κ1) is 14.1. The highest BCUT2D eigenvalue weighted by Crippen LogP contribution is 2.41. The van der Waals surface area contributed by atoms with Gasteiger partial charge in [0.2, 0.25) is 5.91 Å². The molecule has 2 aromatic rings.